The molecule has 4 nitrogen and oxygen atoms in total. The van der Waals surface area contributed by atoms with Crippen molar-refractivity contribution in [2.45, 2.75) is 20.8 Å². The maximum Gasteiger partial charge on any atom is 0.133 e. The van der Waals surface area contributed by atoms with Crippen molar-refractivity contribution >= 4 is 5.84 Å². The minimum atomic E-state index is 0.0524. The molecule has 1 aromatic rings. The third-order valence-corrected chi connectivity index (χ3v) is 3.05. The normalized spacial score (nSPS) is 10.7. The van der Waals surface area contributed by atoms with E-state index >= 15 is 0 Å². The molecule has 1 rings (SSSR count). The van der Waals surface area contributed by atoms with Crippen molar-refractivity contribution in [3.63, 3.8) is 0 Å². The monoisotopic (exact) mass is 249 g/mol. The van der Waals surface area contributed by atoms with Gasteiger partial charge >= 0.3 is 0 Å². The molecule has 0 saturated carbocycles. The van der Waals surface area contributed by atoms with E-state index in [0.717, 1.165) is 30.9 Å². The molecule has 0 fully saturated rings. The van der Waals surface area contributed by atoms with Gasteiger partial charge in [0.05, 0.1) is 5.56 Å². The Kier molecular flexibility index (Phi) is 5.65. The molecule has 0 amide bonds. The molecular weight excluding hydrogens is 226 g/mol. The Morgan fingerprint density at radius 3 is 2.56 bits per heavy atom. The number of benzene rings is 1. The Bertz CT molecular complexity index is 400. The van der Waals surface area contributed by atoms with Crippen LogP contribution in [0.1, 0.15) is 25.0 Å². The maximum atomic E-state index is 7.55. The molecule has 0 heterocycles. The zero-order chi connectivity index (χ0) is 13.5. The van der Waals surface area contributed by atoms with Crippen LogP contribution in [-0.4, -0.2) is 37.0 Å². The fourth-order valence-corrected chi connectivity index (χ4v) is 1.87. The van der Waals surface area contributed by atoms with E-state index in [2.05, 4.69) is 18.7 Å². The Morgan fingerprint density at radius 2 is 2.00 bits per heavy atom. The number of likely N-dealkylation sites (N-methyl/N-ethyl adjacent to an activating group) is 1. The summed E-state index contributed by atoms with van der Waals surface area (Å²) in [5.74, 6) is 0.786. The number of para-hydroxylation sites is 1. The molecule has 4 heteroatoms. The van der Waals surface area contributed by atoms with Crippen molar-refractivity contribution in [2.75, 3.05) is 26.2 Å². The van der Waals surface area contributed by atoms with Gasteiger partial charge in [0.25, 0.3) is 0 Å². The summed E-state index contributed by atoms with van der Waals surface area (Å²) in [7, 11) is 0. The molecule has 0 bridgehead atoms. The minimum Gasteiger partial charge on any atom is -0.491 e. The number of rotatable bonds is 7. The summed E-state index contributed by atoms with van der Waals surface area (Å²) in [6, 6.07) is 5.69. The van der Waals surface area contributed by atoms with E-state index in [-0.39, 0.29) is 5.84 Å². The predicted octanol–water partition coefficient (Wildman–Crippen LogP) is 2.00. The molecule has 3 N–H and O–H groups in total. The van der Waals surface area contributed by atoms with E-state index in [0.29, 0.717) is 12.2 Å². The van der Waals surface area contributed by atoms with Gasteiger partial charge in [-0.2, -0.15) is 0 Å². The highest BCUT2D eigenvalue weighted by Crippen LogP contribution is 2.22. The van der Waals surface area contributed by atoms with E-state index < -0.39 is 0 Å². The second-order valence-electron chi connectivity index (χ2n) is 4.24. The number of hydrogen-bond acceptors (Lipinski definition) is 3. The molecular formula is C14H23N3O. The number of aryl methyl sites for hydroxylation is 1. The fraction of sp³-hybridized carbons (Fsp3) is 0.500. The van der Waals surface area contributed by atoms with Crippen molar-refractivity contribution in [1.29, 1.82) is 5.41 Å². The van der Waals surface area contributed by atoms with E-state index in [9.17, 15) is 0 Å². The third-order valence-electron chi connectivity index (χ3n) is 3.05. The molecule has 0 saturated heterocycles. The number of amidine groups is 1. The minimum absolute atomic E-state index is 0.0524. The molecule has 100 valence electrons. The Balaban J connectivity index is 2.69. The lowest BCUT2D eigenvalue weighted by Gasteiger charge is -2.19. The lowest BCUT2D eigenvalue weighted by molar-refractivity contribution is 0.222. The highest BCUT2D eigenvalue weighted by molar-refractivity contribution is 5.98. The van der Waals surface area contributed by atoms with Gasteiger partial charge in [-0.25, -0.2) is 0 Å². The Labute approximate surface area is 109 Å². The van der Waals surface area contributed by atoms with Crippen LogP contribution in [0.4, 0.5) is 0 Å². The number of nitrogen functional groups attached to an aromatic ring is 1. The second kappa shape index (κ2) is 7.01. The molecule has 18 heavy (non-hydrogen) atoms. The molecule has 1 aromatic carbocycles. The first kappa shape index (κ1) is 14.5. The lowest BCUT2D eigenvalue weighted by Crippen LogP contribution is -2.28. The van der Waals surface area contributed by atoms with Crippen LogP contribution in [0.3, 0.4) is 0 Å². The standard InChI is InChI=1S/C14H23N3O/c1-4-17(5-2)9-10-18-13-11(3)7-6-8-12(13)14(15)16/h6-8H,4-5,9-10H2,1-3H3,(H3,15,16). The van der Waals surface area contributed by atoms with Gasteiger partial charge in [-0.1, -0.05) is 26.0 Å². The first-order valence-corrected chi connectivity index (χ1v) is 6.39. The Hall–Kier alpha value is -1.55. The quantitative estimate of drug-likeness (QED) is 0.574. The van der Waals surface area contributed by atoms with Crippen LogP contribution in [0.15, 0.2) is 18.2 Å². The molecule has 0 unspecified atom stereocenters. The van der Waals surface area contributed by atoms with Crippen molar-refractivity contribution < 1.29 is 4.74 Å². The van der Waals surface area contributed by atoms with Gasteiger partial charge in [0.1, 0.15) is 18.2 Å². The van der Waals surface area contributed by atoms with Crippen molar-refractivity contribution in [3.8, 4) is 5.75 Å². The first-order chi connectivity index (χ1) is 8.60. The van der Waals surface area contributed by atoms with Crippen LogP contribution in [-0.2, 0) is 0 Å². The average molecular weight is 249 g/mol. The summed E-state index contributed by atoms with van der Waals surface area (Å²) < 4.78 is 5.80. The number of nitrogens with two attached hydrogens (primary N) is 1. The summed E-state index contributed by atoms with van der Waals surface area (Å²) in [6.45, 7) is 9.79. The number of nitrogens with zero attached hydrogens (tertiary/aromatic N) is 1. The van der Waals surface area contributed by atoms with Gasteiger partial charge < -0.3 is 15.4 Å². The fourth-order valence-electron chi connectivity index (χ4n) is 1.87. The van der Waals surface area contributed by atoms with Crippen LogP contribution in [0.5, 0.6) is 5.75 Å². The predicted molar refractivity (Wildman–Crippen MR) is 75.5 cm³/mol. The van der Waals surface area contributed by atoms with E-state index in [1.165, 1.54) is 0 Å². The number of ether oxygens (including phenoxy) is 1. The zero-order valence-electron chi connectivity index (χ0n) is 11.5. The van der Waals surface area contributed by atoms with Crippen LogP contribution in [0.2, 0.25) is 0 Å². The van der Waals surface area contributed by atoms with Gasteiger partial charge in [0.2, 0.25) is 0 Å². The zero-order valence-corrected chi connectivity index (χ0v) is 11.5. The van der Waals surface area contributed by atoms with E-state index in [1.807, 2.05) is 25.1 Å². The Morgan fingerprint density at radius 1 is 1.33 bits per heavy atom. The maximum absolute atomic E-state index is 7.55. The molecule has 0 radical (unpaired) electrons. The summed E-state index contributed by atoms with van der Waals surface area (Å²) in [5, 5.41) is 7.55. The van der Waals surface area contributed by atoms with Gasteiger partial charge in [0, 0.05) is 6.54 Å². The topological polar surface area (TPSA) is 62.3 Å². The number of hydrogen-bond donors (Lipinski definition) is 2. The third kappa shape index (κ3) is 3.74. The molecule has 0 atom stereocenters. The van der Waals surface area contributed by atoms with Crippen LogP contribution in [0.25, 0.3) is 0 Å². The highest BCUT2D eigenvalue weighted by Gasteiger charge is 2.09. The molecule has 0 aromatic heterocycles. The lowest BCUT2D eigenvalue weighted by atomic mass is 10.1. The second-order valence-corrected chi connectivity index (χ2v) is 4.24. The van der Waals surface area contributed by atoms with E-state index in [1.54, 1.807) is 0 Å². The SMILES string of the molecule is CCN(CC)CCOc1c(C)cccc1C(=N)N. The summed E-state index contributed by atoms with van der Waals surface area (Å²) in [4.78, 5) is 2.30. The molecule has 0 aliphatic carbocycles. The van der Waals surface area contributed by atoms with Gasteiger partial charge in [-0.15, -0.1) is 0 Å². The number of nitrogens with one attached hydrogen (secondary N) is 1. The van der Waals surface area contributed by atoms with Gasteiger partial charge in [-0.3, -0.25) is 5.41 Å². The molecule has 0 aliphatic rings. The first-order valence-electron chi connectivity index (χ1n) is 6.39. The van der Waals surface area contributed by atoms with Crippen molar-refractivity contribution in [1.82, 2.24) is 4.90 Å². The summed E-state index contributed by atoms with van der Waals surface area (Å²) in [6.07, 6.45) is 0. The smallest absolute Gasteiger partial charge is 0.133 e. The highest BCUT2D eigenvalue weighted by atomic mass is 16.5. The summed E-state index contributed by atoms with van der Waals surface area (Å²) in [5.41, 5.74) is 7.25. The van der Waals surface area contributed by atoms with Crippen LogP contribution >= 0.6 is 0 Å². The van der Waals surface area contributed by atoms with E-state index in [4.69, 9.17) is 15.9 Å². The van der Waals surface area contributed by atoms with Crippen molar-refractivity contribution in [2.24, 2.45) is 5.73 Å². The van der Waals surface area contributed by atoms with Gasteiger partial charge in [0.15, 0.2) is 0 Å². The van der Waals surface area contributed by atoms with Crippen LogP contribution in [0, 0.1) is 12.3 Å². The average Bonchev–Trinajstić information content (AvgIpc) is 2.36. The van der Waals surface area contributed by atoms with Gasteiger partial charge in [-0.05, 0) is 31.6 Å². The van der Waals surface area contributed by atoms with Crippen molar-refractivity contribution in [3.05, 3.63) is 29.3 Å². The summed E-state index contributed by atoms with van der Waals surface area (Å²) >= 11 is 0. The largest absolute Gasteiger partial charge is 0.491 e. The van der Waals surface area contributed by atoms with Crippen LogP contribution < -0.4 is 10.5 Å². The molecule has 0 aliphatic heterocycles. The molecule has 0 spiro atoms.